The van der Waals surface area contributed by atoms with Gasteiger partial charge in [0.25, 0.3) is 11.5 Å². The van der Waals surface area contributed by atoms with E-state index in [0.29, 0.717) is 34.0 Å². The van der Waals surface area contributed by atoms with Crippen molar-refractivity contribution in [1.82, 2.24) is 14.5 Å². The van der Waals surface area contributed by atoms with Gasteiger partial charge in [-0.1, -0.05) is 18.2 Å². The van der Waals surface area contributed by atoms with Gasteiger partial charge in [0.2, 0.25) is 0 Å². The predicted octanol–water partition coefficient (Wildman–Crippen LogP) is 2.74. The van der Waals surface area contributed by atoms with Crippen molar-refractivity contribution in [1.29, 1.82) is 0 Å². The summed E-state index contributed by atoms with van der Waals surface area (Å²) in [6.07, 6.45) is 0.234. The van der Waals surface area contributed by atoms with E-state index in [9.17, 15) is 24.3 Å². The minimum Gasteiger partial charge on any atom is -0.496 e. The maximum atomic E-state index is 13.5. The molecule has 2 aromatic heterocycles. The normalized spacial score (nSPS) is 11.3. The summed E-state index contributed by atoms with van der Waals surface area (Å²) >= 11 is 1.06. The molecule has 3 N–H and O–H groups in total. The van der Waals surface area contributed by atoms with Gasteiger partial charge in [0.05, 0.1) is 17.4 Å². The smallest absolute Gasteiger partial charge is 0.333 e. The first kappa shape index (κ1) is 29.8. The summed E-state index contributed by atoms with van der Waals surface area (Å²) in [5, 5.41) is 20.7. The number of nitrogens with one attached hydrogen (secondary N) is 1. The van der Waals surface area contributed by atoms with E-state index >= 15 is 0 Å². The van der Waals surface area contributed by atoms with Crippen molar-refractivity contribution in [2.75, 3.05) is 13.7 Å². The molecule has 1 aromatic carbocycles. The molecule has 1 amide bonds. The van der Waals surface area contributed by atoms with Crippen molar-refractivity contribution < 1.29 is 24.5 Å². The number of hydrogen-bond donors (Lipinski definition) is 3. The third kappa shape index (κ3) is 6.28. The summed E-state index contributed by atoms with van der Waals surface area (Å²) in [6, 6.07) is 7.37. The average molecular weight is 534 g/mol. The number of rotatable bonds is 8. The highest BCUT2D eigenvalue weighted by atomic mass is 32.1. The number of carboxylic acids is 1. The molecule has 0 unspecified atom stereocenters. The second kappa shape index (κ2) is 12.2. The molecule has 0 atom stereocenters. The van der Waals surface area contributed by atoms with Crippen molar-refractivity contribution in [2.45, 2.75) is 66.2 Å². The third-order valence-corrected chi connectivity index (χ3v) is 6.95. The van der Waals surface area contributed by atoms with Crippen LogP contribution in [0.3, 0.4) is 0 Å². The average Bonchev–Trinajstić information content (AvgIpc) is 3.16. The number of aryl methyl sites for hydroxylation is 3. The summed E-state index contributed by atoms with van der Waals surface area (Å²) in [5.41, 5.74) is -1.97. The Labute approximate surface area is 219 Å². The van der Waals surface area contributed by atoms with Crippen LogP contribution in [0.1, 0.15) is 55.4 Å². The van der Waals surface area contributed by atoms with Crippen LogP contribution >= 0.6 is 11.3 Å². The van der Waals surface area contributed by atoms with Crippen LogP contribution in [0.5, 0.6) is 5.75 Å². The number of thiophene rings is 1. The van der Waals surface area contributed by atoms with E-state index in [1.54, 1.807) is 34.8 Å². The number of aliphatic hydroxyl groups is 1. The fourth-order valence-electron chi connectivity index (χ4n) is 3.73. The fraction of sp³-hybridized carbons (Fsp3) is 0.462. The monoisotopic (exact) mass is 533 g/mol. The van der Waals surface area contributed by atoms with Crippen LogP contribution in [0, 0.1) is 6.92 Å². The lowest BCUT2D eigenvalue weighted by Crippen LogP contribution is -2.52. The number of methoxy groups -OCH3 is 1. The van der Waals surface area contributed by atoms with E-state index in [2.05, 4.69) is 5.32 Å². The van der Waals surface area contributed by atoms with Crippen LogP contribution in [0.2, 0.25) is 0 Å². The largest absolute Gasteiger partial charge is 0.496 e. The van der Waals surface area contributed by atoms with Gasteiger partial charge in [-0.15, -0.1) is 11.3 Å². The van der Waals surface area contributed by atoms with Crippen molar-refractivity contribution in [2.24, 2.45) is 0 Å². The molecule has 0 saturated heterocycles. The van der Waals surface area contributed by atoms with Crippen LogP contribution in [0.15, 0.2) is 33.9 Å². The highest BCUT2D eigenvalue weighted by Gasteiger charge is 2.35. The van der Waals surface area contributed by atoms with E-state index < -0.39 is 22.8 Å². The first-order valence-corrected chi connectivity index (χ1v) is 12.7. The lowest BCUT2D eigenvalue weighted by Gasteiger charge is -2.23. The van der Waals surface area contributed by atoms with Crippen LogP contribution < -0.4 is 21.3 Å². The van der Waals surface area contributed by atoms with Gasteiger partial charge in [0.1, 0.15) is 16.1 Å². The highest BCUT2D eigenvalue weighted by molar-refractivity contribution is 7.20. The zero-order valence-corrected chi connectivity index (χ0v) is 23.1. The number of fused-ring (bicyclic) bond motifs is 1. The Kier molecular flexibility index (Phi) is 9.82. The van der Waals surface area contributed by atoms with Crippen molar-refractivity contribution in [3.8, 4) is 5.75 Å². The highest BCUT2D eigenvalue weighted by Crippen LogP contribution is 2.29. The van der Waals surface area contributed by atoms with Gasteiger partial charge in [-0.3, -0.25) is 14.2 Å². The number of aromatic nitrogens is 2. The molecule has 11 heteroatoms. The van der Waals surface area contributed by atoms with E-state index in [-0.39, 0.29) is 23.9 Å². The van der Waals surface area contributed by atoms with E-state index in [0.717, 1.165) is 21.5 Å². The number of aliphatic hydroxyl groups excluding tert-OH is 1. The number of carbonyl (C=O) groups is 2. The maximum Gasteiger partial charge on any atom is 0.333 e. The minimum atomic E-state index is -1.78. The summed E-state index contributed by atoms with van der Waals surface area (Å²) in [6.45, 7) is 10.1. The van der Waals surface area contributed by atoms with Gasteiger partial charge in [0, 0.05) is 19.2 Å². The first-order valence-electron chi connectivity index (χ1n) is 11.9. The van der Waals surface area contributed by atoms with Gasteiger partial charge in [-0.25, -0.2) is 14.2 Å². The molecule has 0 bridgehead atoms. The SMILES string of the molecule is CC(C)O.CCNC(=O)c1sc2c(c1C)c(=O)n(C(C)(C)C(=O)O)c(=O)n2CCc1ccccc1OC. The van der Waals surface area contributed by atoms with Crippen molar-refractivity contribution >= 4 is 33.4 Å². The van der Waals surface area contributed by atoms with Gasteiger partial charge < -0.3 is 20.3 Å². The molecule has 37 heavy (non-hydrogen) atoms. The number of para-hydroxylation sites is 1. The Morgan fingerprint density at radius 1 is 1.19 bits per heavy atom. The Bertz CT molecular complexity index is 1400. The second-order valence-corrected chi connectivity index (χ2v) is 10.2. The Balaban J connectivity index is 0.00000112. The quantitative estimate of drug-likeness (QED) is 0.404. The lowest BCUT2D eigenvalue weighted by molar-refractivity contribution is -0.146. The third-order valence-electron chi connectivity index (χ3n) is 5.64. The Morgan fingerprint density at radius 2 is 1.78 bits per heavy atom. The van der Waals surface area contributed by atoms with Crippen LogP contribution in [0.4, 0.5) is 0 Å². The molecule has 0 fully saturated rings. The molecule has 0 radical (unpaired) electrons. The molecule has 202 valence electrons. The summed E-state index contributed by atoms with van der Waals surface area (Å²) in [4.78, 5) is 52.1. The van der Waals surface area contributed by atoms with Crippen molar-refractivity contribution in [3.05, 3.63) is 61.1 Å². The molecule has 0 aliphatic heterocycles. The number of ether oxygens (including phenoxy) is 1. The maximum absolute atomic E-state index is 13.5. The molecule has 0 saturated carbocycles. The fourth-order valence-corrected chi connectivity index (χ4v) is 4.97. The van der Waals surface area contributed by atoms with Gasteiger partial charge in [0.15, 0.2) is 0 Å². The number of benzene rings is 1. The zero-order valence-electron chi connectivity index (χ0n) is 22.2. The molecule has 3 aromatic rings. The standard InChI is InChI=1S/C23H27N3O6S.C3H8O/c1-6-24-18(27)17-13(2)16-19(28)26(23(3,4)21(29)30)22(31)25(20(16)33-17)12-11-14-9-7-8-10-15(14)32-5;1-3(2)4/h7-10H,6,11-12H2,1-5H3,(H,24,27)(H,29,30);3-4H,1-2H3. The van der Waals surface area contributed by atoms with Gasteiger partial charge >= 0.3 is 11.7 Å². The molecule has 0 spiro atoms. The van der Waals surface area contributed by atoms with Crippen LogP contribution in [-0.4, -0.2) is 51.0 Å². The minimum absolute atomic E-state index is 0.167. The number of nitrogens with zero attached hydrogens (tertiary/aromatic N) is 2. The number of carbonyl (C=O) groups excluding carboxylic acids is 1. The van der Waals surface area contributed by atoms with Crippen LogP contribution in [0.25, 0.3) is 10.2 Å². The number of aliphatic carboxylic acids is 1. The van der Waals surface area contributed by atoms with E-state index in [1.807, 2.05) is 24.3 Å². The Hall–Kier alpha value is -3.44. The van der Waals surface area contributed by atoms with Crippen molar-refractivity contribution in [3.63, 3.8) is 0 Å². The molecule has 3 rings (SSSR count). The Morgan fingerprint density at radius 3 is 2.32 bits per heavy atom. The zero-order chi connectivity index (χ0) is 28.1. The van der Waals surface area contributed by atoms with Gasteiger partial charge in [-0.05, 0) is 65.2 Å². The molecular weight excluding hydrogens is 498 g/mol. The number of amides is 1. The van der Waals surface area contributed by atoms with Crippen LogP contribution in [-0.2, 0) is 23.3 Å². The first-order chi connectivity index (χ1) is 17.3. The number of carboxylic acid groups (broad SMARTS) is 1. The molecule has 2 heterocycles. The summed E-state index contributed by atoms with van der Waals surface area (Å²) < 4.78 is 7.54. The van der Waals surface area contributed by atoms with E-state index in [1.165, 1.54) is 18.4 Å². The predicted molar refractivity (Wildman–Crippen MR) is 144 cm³/mol. The molecular formula is C26H35N3O7S. The second-order valence-electron chi connectivity index (χ2n) is 9.19. The topological polar surface area (TPSA) is 140 Å². The van der Waals surface area contributed by atoms with E-state index in [4.69, 9.17) is 9.84 Å². The summed E-state index contributed by atoms with van der Waals surface area (Å²) in [7, 11) is 1.56. The molecule has 0 aliphatic rings. The number of hydrogen-bond acceptors (Lipinski definition) is 7. The van der Waals surface area contributed by atoms with Gasteiger partial charge in [-0.2, -0.15) is 0 Å². The molecule has 0 aliphatic carbocycles. The summed E-state index contributed by atoms with van der Waals surface area (Å²) in [5.74, 6) is -0.996. The lowest BCUT2D eigenvalue weighted by atomic mass is 10.1. The molecule has 10 nitrogen and oxygen atoms in total.